The van der Waals surface area contributed by atoms with E-state index in [1.165, 1.54) is 11.1 Å². The third-order valence-electron chi connectivity index (χ3n) is 3.90. The van der Waals surface area contributed by atoms with Crippen molar-refractivity contribution >= 4 is 0 Å². The van der Waals surface area contributed by atoms with E-state index in [1.807, 2.05) is 7.05 Å². The number of aromatic nitrogens is 3. The summed E-state index contributed by atoms with van der Waals surface area (Å²) >= 11 is 0. The summed E-state index contributed by atoms with van der Waals surface area (Å²) in [6, 6.07) is 9.07. The largest absolute Gasteiger partial charge is 0.302 e. The van der Waals surface area contributed by atoms with E-state index in [4.69, 9.17) is 0 Å². The number of nitrogens with one attached hydrogen (secondary N) is 1. The van der Waals surface area contributed by atoms with Crippen molar-refractivity contribution < 1.29 is 0 Å². The van der Waals surface area contributed by atoms with E-state index in [2.05, 4.69) is 53.5 Å². The third kappa shape index (κ3) is 2.28. The zero-order valence-corrected chi connectivity index (χ0v) is 11.7. The van der Waals surface area contributed by atoms with E-state index in [-0.39, 0.29) is 5.41 Å². The molecular formula is C15H20N4. The molecule has 0 aliphatic heterocycles. The molecule has 1 atom stereocenters. The molecule has 1 heterocycles. The molecule has 19 heavy (non-hydrogen) atoms. The lowest BCUT2D eigenvalue weighted by Gasteiger charge is -2.28. The minimum Gasteiger partial charge on any atom is -0.302 e. The van der Waals surface area contributed by atoms with Gasteiger partial charge in [0.2, 0.25) is 0 Å². The zero-order valence-electron chi connectivity index (χ0n) is 11.7. The second kappa shape index (κ2) is 4.46. The first-order valence-corrected chi connectivity index (χ1v) is 6.72. The molecular weight excluding hydrogens is 236 g/mol. The van der Waals surface area contributed by atoms with Crippen molar-refractivity contribution in [2.75, 3.05) is 0 Å². The number of hydrogen-bond acceptors (Lipinski definition) is 3. The summed E-state index contributed by atoms with van der Waals surface area (Å²) in [5.41, 5.74) is 3.11. The maximum absolute atomic E-state index is 4.32. The Morgan fingerprint density at radius 3 is 2.89 bits per heavy atom. The van der Waals surface area contributed by atoms with Gasteiger partial charge in [0.15, 0.2) is 5.82 Å². The average molecular weight is 256 g/mol. The number of aryl methyl sites for hydroxylation is 1. The molecule has 4 nitrogen and oxygen atoms in total. The third-order valence-corrected chi connectivity index (χ3v) is 3.90. The summed E-state index contributed by atoms with van der Waals surface area (Å²) < 4.78 is 1.74. The van der Waals surface area contributed by atoms with E-state index in [0.29, 0.717) is 12.6 Å². The van der Waals surface area contributed by atoms with Gasteiger partial charge in [0.05, 0.1) is 6.54 Å². The highest BCUT2D eigenvalue weighted by Crippen LogP contribution is 2.44. The highest BCUT2D eigenvalue weighted by molar-refractivity contribution is 5.37. The highest BCUT2D eigenvalue weighted by atomic mass is 15.3. The molecule has 0 bridgehead atoms. The van der Waals surface area contributed by atoms with Crippen molar-refractivity contribution in [2.24, 2.45) is 12.5 Å². The topological polar surface area (TPSA) is 42.7 Å². The van der Waals surface area contributed by atoms with Crippen LogP contribution >= 0.6 is 0 Å². The van der Waals surface area contributed by atoms with E-state index >= 15 is 0 Å². The van der Waals surface area contributed by atoms with Crippen LogP contribution in [0, 0.1) is 5.41 Å². The monoisotopic (exact) mass is 256 g/mol. The van der Waals surface area contributed by atoms with Gasteiger partial charge in [-0.3, -0.25) is 4.68 Å². The standard InChI is InChI=1S/C15H20N4/c1-15(2)8-11-6-4-5-7-12(11)14(15)16-9-13-17-10-19(3)18-13/h4-7,10,14,16H,8-9H2,1-3H3. The summed E-state index contributed by atoms with van der Waals surface area (Å²) in [4.78, 5) is 4.27. The van der Waals surface area contributed by atoms with Crippen molar-refractivity contribution in [3.05, 3.63) is 47.5 Å². The Morgan fingerprint density at radius 1 is 1.37 bits per heavy atom. The molecule has 0 saturated heterocycles. The number of benzene rings is 1. The average Bonchev–Trinajstić information content (AvgIpc) is 2.87. The fourth-order valence-electron chi connectivity index (χ4n) is 3.04. The van der Waals surface area contributed by atoms with E-state index in [1.54, 1.807) is 11.0 Å². The van der Waals surface area contributed by atoms with Crippen molar-refractivity contribution in [3.63, 3.8) is 0 Å². The fraction of sp³-hybridized carbons (Fsp3) is 0.467. The number of nitrogens with zero attached hydrogens (tertiary/aromatic N) is 3. The second-order valence-corrected chi connectivity index (χ2v) is 6.01. The zero-order chi connectivity index (χ0) is 13.5. The fourth-order valence-corrected chi connectivity index (χ4v) is 3.04. The SMILES string of the molecule is Cn1cnc(CNC2c3ccccc3CC2(C)C)n1. The van der Waals surface area contributed by atoms with Crippen LogP contribution in [0.25, 0.3) is 0 Å². The van der Waals surface area contributed by atoms with Crippen LogP contribution in [-0.4, -0.2) is 14.8 Å². The molecule has 4 heteroatoms. The van der Waals surface area contributed by atoms with Gasteiger partial charge < -0.3 is 5.32 Å². The Morgan fingerprint density at radius 2 is 2.16 bits per heavy atom. The summed E-state index contributed by atoms with van der Waals surface area (Å²) in [5, 5.41) is 7.94. The first kappa shape index (κ1) is 12.4. The molecule has 1 N–H and O–H groups in total. The molecule has 3 rings (SSSR count). The van der Waals surface area contributed by atoms with Crippen molar-refractivity contribution in [1.82, 2.24) is 20.1 Å². The maximum atomic E-state index is 4.32. The molecule has 0 fully saturated rings. The molecule has 2 aromatic rings. The van der Waals surface area contributed by atoms with Crippen LogP contribution in [-0.2, 0) is 20.0 Å². The van der Waals surface area contributed by atoms with Crippen molar-refractivity contribution in [3.8, 4) is 0 Å². The number of rotatable bonds is 3. The summed E-state index contributed by atoms with van der Waals surface area (Å²) in [7, 11) is 1.89. The minimum atomic E-state index is 0.235. The molecule has 1 aromatic carbocycles. The lowest BCUT2D eigenvalue weighted by atomic mass is 9.85. The normalized spacial score (nSPS) is 20.5. The first-order chi connectivity index (χ1) is 9.06. The van der Waals surface area contributed by atoms with Crippen LogP contribution in [0.4, 0.5) is 0 Å². The molecule has 0 amide bonds. The molecule has 1 aromatic heterocycles. The van der Waals surface area contributed by atoms with Crippen molar-refractivity contribution in [1.29, 1.82) is 0 Å². The van der Waals surface area contributed by atoms with Gasteiger partial charge in [-0.2, -0.15) is 5.10 Å². The van der Waals surface area contributed by atoms with Crippen LogP contribution in [0.15, 0.2) is 30.6 Å². The summed E-state index contributed by atoms with van der Waals surface area (Å²) in [6.45, 7) is 5.34. The van der Waals surface area contributed by atoms with Crippen LogP contribution in [0.5, 0.6) is 0 Å². The van der Waals surface area contributed by atoms with E-state index in [0.717, 1.165) is 12.2 Å². The van der Waals surface area contributed by atoms with Gasteiger partial charge >= 0.3 is 0 Å². The molecule has 0 saturated carbocycles. The van der Waals surface area contributed by atoms with Crippen LogP contribution in [0.1, 0.15) is 36.8 Å². The van der Waals surface area contributed by atoms with Gasteiger partial charge in [-0.05, 0) is 23.0 Å². The van der Waals surface area contributed by atoms with E-state index in [9.17, 15) is 0 Å². The Labute approximate surface area is 113 Å². The second-order valence-electron chi connectivity index (χ2n) is 6.01. The van der Waals surface area contributed by atoms with Gasteiger partial charge in [0.1, 0.15) is 6.33 Å². The molecule has 100 valence electrons. The van der Waals surface area contributed by atoms with Crippen LogP contribution in [0.3, 0.4) is 0 Å². The Bertz CT molecular complexity index is 585. The predicted molar refractivity (Wildman–Crippen MR) is 74.5 cm³/mol. The lowest BCUT2D eigenvalue weighted by molar-refractivity contribution is 0.266. The van der Waals surface area contributed by atoms with Gasteiger partial charge in [0.25, 0.3) is 0 Å². The molecule has 0 radical (unpaired) electrons. The number of fused-ring (bicyclic) bond motifs is 1. The quantitative estimate of drug-likeness (QED) is 0.915. The van der Waals surface area contributed by atoms with Gasteiger partial charge in [-0.25, -0.2) is 4.98 Å². The summed E-state index contributed by atoms with van der Waals surface area (Å²) in [5.74, 6) is 0.850. The van der Waals surface area contributed by atoms with Crippen LogP contribution in [0.2, 0.25) is 0 Å². The van der Waals surface area contributed by atoms with Gasteiger partial charge in [0, 0.05) is 13.1 Å². The predicted octanol–water partition coefficient (Wildman–Crippen LogP) is 2.23. The molecule has 1 aliphatic rings. The molecule has 1 aliphatic carbocycles. The highest BCUT2D eigenvalue weighted by Gasteiger charge is 2.38. The number of hydrogen-bond donors (Lipinski definition) is 1. The smallest absolute Gasteiger partial charge is 0.164 e. The van der Waals surface area contributed by atoms with Crippen molar-refractivity contribution in [2.45, 2.75) is 32.9 Å². The van der Waals surface area contributed by atoms with E-state index < -0.39 is 0 Å². The summed E-state index contributed by atoms with van der Waals surface area (Å²) in [6.07, 6.45) is 2.86. The first-order valence-electron chi connectivity index (χ1n) is 6.72. The van der Waals surface area contributed by atoms with Gasteiger partial charge in [-0.1, -0.05) is 38.1 Å². The Balaban J connectivity index is 1.79. The minimum absolute atomic E-state index is 0.235. The maximum Gasteiger partial charge on any atom is 0.164 e. The Hall–Kier alpha value is -1.68. The lowest BCUT2D eigenvalue weighted by Crippen LogP contribution is -2.31. The van der Waals surface area contributed by atoms with Gasteiger partial charge in [-0.15, -0.1) is 0 Å². The van der Waals surface area contributed by atoms with Crippen LogP contribution < -0.4 is 5.32 Å². The molecule has 1 unspecified atom stereocenters. The Kier molecular flexibility index (Phi) is 2.90. The molecule has 0 spiro atoms.